The van der Waals surface area contributed by atoms with Crippen LogP contribution in [0.2, 0.25) is 0 Å². The number of nitrogens with zero attached hydrogens (tertiary/aromatic N) is 2. The van der Waals surface area contributed by atoms with Crippen LogP contribution in [-0.4, -0.2) is 14.5 Å². The van der Waals surface area contributed by atoms with Gasteiger partial charge in [0.05, 0.1) is 11.0 Å². The van der Waals surface area contributed by atoms with Gasteiger partial charge in [0.15, 0.2) is 0 Å². The molecule has 0 bridgehead atoms. The molecule has 0 amide bonds. The first-order chi connectivity index (χ1) is 6.59. The molecule has 0 atom stereocenters. The van der Waals surface area contributed by atoms with Gasteiger partial charge in [-0.1, -0.05) is 12.2 Å². The van der Waals surface area contributed by atoms with Crippen LogP contribution in [0, 0.1) is 6.92 Å². The molecule has 0 saturated carbocycles. The Bertz CT molecular complexity index is 513. The molecule has 2 aromatic rings. The molecule has 0 radical (unpaired) electrons. The second-order valence-electron chi connectivity index (χ2n) is 3.29. The van der Waals surface area contributed by atoms with E-state index in [4.69, 9.17) is 18.0 Å². The lowest BCUT2D eigenvalue weighted by atomic mass is 10.2. The van der Waals surface area contributed by atoms with Crippen molar-refractivity contribution in [1.82, 2.24) is 9.55 Å². The first-order valence-corrected chi connectivity index (χ1v) is 4.73. The maximum atomic E-state index is 5.55. The average molecular weight is 205 g/mol. The minimum atomic E-state index is 0.412. The van der Waals surface area contributed by atoms with E-state index >= 15 is 0 Å². The van der Waals surface area contributed by atoms with Crippen LogP contribution in [0.25, 0.3) is 11.0 Å². The Morgan fingerprint density at radius 2 is 2.21 bits per heavy atom. The van der Waals surface area contributed by atoms with Crippen molar-refractivity contribution in [2.45, 2.75) is 6.92 Å². The number of fused-ring (bicyclic) bond motifs is 1. The number of nitrogens with two attached hydrogens (primary N) is 1. The van der Waals surface area contributed by atoms with Gasteiger partial charge < -0.3 is 10.3 Å². The topological polar surface area (TPSA) is 43.8 Å². The van der Waals surface area contributed by atoms with E-state index in [0.29, 0.717) is 4.99 Å². The molecule has 1 aromatic carbocycles. The fourth-order valence-electron chi connectivity index (χ4n) is 1.47. The summed E-state index contributed by atoms with van der Waals surface area (Å²) in [6.45, 7) is 1.97. The summed E-state index contributed by atoms with van der Waals surface area (Å²) in [5.74, 6) is 0.986. The van der Waals surface area contributed by atoms with Gasteiger partial charge in [-0.05, 0) is 25.1 Å². The molecule has 0 aliphatic heterocycles. The zero-order chi connectivity index (χ0) is 10.3. The zero-order valence-corrected chi connectivity index (χ0v) is 8.93. The number of imidazole rings is 1. The van der Waals surface area contributed by atoms with Crippen molar-refractivity contribution in [3.8, 4) is 0 Å². The van der Waals surface area contributed by atoms with Crippen molar-refractivity contribution in [3.63, 3.8) is 0 Å². The Hall–Kier alpha value is -1.42. The normalized spacial score (nSPS) is 10.7. The number of rotatable bonds is 1. The smallest absolute Gasteiger partial charge is 0.106 e. The molecule has 1 heterocycles. The molecule has 2 rings (SSSR count). The fourth-order valence-corrected chi connectivity index (χ4v) is 1.60. The minimum absolute atomic E-state index is 0.412. The van der Waals surface area contributed by atoms with Crippen LogP contribution in [0.5, 0.6) is 0 Å². The highest BCUT2D eigenvalue weighted by Gasteiger charge is 2.05. The Morgan fingerprint density at radius 3 is 2.86 bits per heavy atom. The molecule has 0 fully saturated rings. The molecule has 72 valence electrons. The summed E-state index contributed by atoms with van der Waals surface area (Å²) in [4.78, 5) is 4.82. The zero-order valence-electron chi connectivity index (χ0n) is 8.11. The van der Waals surface area contributed by atoms with E-state index in [0.717, 1.165) is 22.4 Å². The van der Waals surface area contributed by atoms with Gasteiger partial charge in [-0.3, -0.25) is 0 Å². The Kier molecular flexibility index (Phi) is 2.00. The first-order valence-electron chi connectivity index (χ1n) is 4.32. The summed E-state index contributed by atoms with van der Waals surface area (Å²) >= 11 is 4.91. The molecule has 2 N–H and O–H groups in total. The molecule has 0 aliphatic carbocycles. The van der Waals surface area contributed by atoms with Crippen molar-refractivity contribution in [1.29, 1.82) is 0 Å². The average Bonchev–Trinajstić information content (AvgIpc) is 2.42. The third-order valence-corrected chi connectivity index (χ3v) is 2.62. The third-order valence-electron chi connectivity index (χ3n) is 2.39. The van der Waals surface area contributed by atoms with E-state index in [1.807, 2.05) is 36.7 Å². The lowest BCUT2D eigenvalue weighted by Crippen LogP contribution is -2.08. The molecular formula is C10H11N3S. The molecule has 14 heavy (non-hydrogen) atoms. The van der Waals surface area contributed by atoms with Gasteiger partial charge in [-0.25, -0.2) is 4.98 Å². The molecule has 0 aliphatic rings. The summed E-state index contributed by atoms with van der Waals surface area (Å²) in [6, 6.07) is 5.83. The molecule has 3 nitrogen and oxygen atoms in total. The van der Waals surface area contributed by atoms with E-state index < -0.39 is 0 Å². The summed E-state index contributed by atoms with van der Waals surface area (Å²) in [6.07, 6.45) is 0. The largest absolute Gasteiger partial charge is 0.389 e. The third kappa shape index (κ3) is 1.28. The van der Waals surface area contributed by atoms with Crippen LogP contribution in [-0.2, 0) is 7.05 Å². The van der Waals surface area contributed by atoms with E-state index in [1.165, 1.54) is 0 Å². The first kappa shape index (κ1) is 9.15. The Balaban J connectivity index is 2.73. The van der Waals surface area contributed by atoms with Gasteiger partial charge in [0.1, 0.15) is 10.8 Å². The van der Waals surface area contributed by atoms with Gasteiger partial charge in [0.2, 0.25) is 0 Å². The van der Waals surface area contributed by atoms with Crippen LogP contribution in [0.15, 0.2) is 18.2 Å². The summed E-state index contributed by atoms with van der Waals surface area (Å²) in [7, 11) is 1.99. The van der Waals surface area contributed by atoms with E-state index in [-0.39, 0.29) is 0 Å². The predicted octanol–water partition coefficient (Wildman–Crippen LogP) is 1.52. The monoisotopic (exact) mass is 205 g/mol. The van der Waals surface area contributed by atoms with Crippen LogP contribution in [0.1, 0.15) is 11.4 Å². The van der Waals surface area contributed by atoms with Gasteiger partial charge in [0.25, 0.3) is 0 Å². The minimum Gasteiger partial charge on any atom is -0.389 e. The van der Waals surface area contributed by atoms with Crippen molar-refractivity contribution >= 4 is 28.2 Å². The van der Waals surface area contributed by atoms with E-state index in [1.54, 1.807) is 0 Å². The lowest BCUT2D eigenvalue weighted by molar-refractivity contribution is 0.886. The number of aromatic nitrogens is 2. The van der Waals surface area contributed by atoms with Crippen molar-refractivity contribution < 1.29 is 0 Å². The quantitative estimate of drug-likeness (QED) is 0.718. The van der Waals surface area contributed by atoms with Crippen molar-refractivity contribution in [3.05, 3.63) is 29.6 Å². The molecule has 1 aromatic heterocycles. The highest BCUT2D eigenvalue weighted by molar-refractivity contribution is 7.80. The molecule has 0 spiro atoms. The highest BCUT2D eigenvalue weighted by atomic mass is 32.1. The van der Waals surface area contributed by atoms with Crippen molar-refractivity contribution in [2.75, 3.05) is 0 Å². The van der Waals surface area contributed by atoms with Gasteiger partial charge in [-0.2, -0.15) is 0 Å². The fraction of sp³-hybridized carbons (Fsp3) is 0.200. The Morgan fingerprint density at radius 1 is 1.50 bits per heavy atom. The van der Waals surface area contributed by atoms with E-state index in [9.17, 15) is 0 Å². The second kappa shape index (κ2) is 3.06. The number of thiocarbonyl (C=S) groups is 1. The number of hydrogen-bond donors (Lipinski definition) is 1. The second-order valence-corrected chi connectivity index (χ2v) is 3.73. The SMILES string of the molecule is Cc1nc2cc(C(N)=S)ccc2n1C. The van der Waals surface area contributed by atoms with Crippen LogP contribution in [0.3, 0.4) is 0 Å². The van der Waals surface area contributed by atoms with E-state index in [2.05, 4.69) is 4.98 Å². The molecular weight excluding hydrogens is 194 g/mol. The molecule has 0 saturated heterocycles. The van der Waals surface area contributed by atoms with Crippen LogP contribution < -0.4 is 5.73 Å². The predicted molar refractivity (Wildman–Crippen MR) is 61.3 cm³/mol. The molecule has 0 unspecified atom stereocenters. The number of aryl methyl sites for hydroxylation is 2. The summed E-state index contributed by atoms with van der Waals surface area (Å²) in [5, 5.41) is 0. The standard InChI is InChI=1S/C10H11N3S/c1-6-12-8-5-7(10(11)14)3-4-9(8)13(6)2/h3-5H,1-2H3,(H2,11,14). The van der Waals surface area contributed by atoms with Gasteiger partial charge >= 0.3 is 0 Å². The summed E-state index contributed by atoms with van der Waals surface area (Å²) < 4.78 is 2.04. The number of hydrogen-bond acceptors (Lipinski definition) is 2. The summed E-state index contributed by atoms with van der Waals surface area (Å²) in [5.41, 5.74) is 8.45. The van der Waals surface area contributed by atoms with Gasteiger partial charge in [0, 0.05) is 12.6 Å². The van der Waals surface area contributed by atoms with Gasteiger partial charge in [-0.15, -0.1) is 0 Å². The number of benzene rings is 1. The highest BCUT2D eigenvalue weighted by Crippen LogP contribution is 2.16. The Labute approximate surface area is 87.5 Å². The molecule has 4 heteroatoms. The maximum absolute atomic E-state index is 5.55. The van der Waals surface area contributed by atoms with Crippen LogP contribution >= 0.6 is 12.2 Å². The maximum Gasteiger partial charge on any atom is 0.106 e. The van der Waals surface area contributed by atoms with Crippen molar-refractivity contribution in [2.24, 2.45) is 12.8 Å². The van der Waals surface area contributed by atoms with Crippen LogP contribution in [0.4, 0.5) is 0 Å². The lowest BCUT2D eigenvalue weighted by Gasteiger charge is -1.98.